The summed E-state index contributed by atoms with van der Waals surface area (Å²) in [6.45, 7) is 0.482. The Bertz CT molecular complexity index is 1420. The lowest BCUT2D eigenvalue weighted by molar-refractivity contribution is 0.0787. The lowest BCUT2D eigenvalue weighted by atomic mass is 10.1. The summed E-state index contributed by atoms with van der Waals surface area (Å²) in [6.07, 6.45) is 0.631. The number of halogens is 2. The van der Waals surface area contributed by atoms with E-state index in [1.54, 1.807) is 62.2 Å². The summed E-state index contributed by atoms with van der Waals surface area (Å²) < 4.78 is 17.7. The van der Waals surface area contributed by atoms with Gasteiger partial charge in [-0.05, 0) is 60.5 Å². The van der Waals surface area contributed by atoms with E-state index in [-0.39, 0.29) is 5.91 Å². The third-order valence-corrected chi connectivity index (χ3v) is 6.71. The predicted octanol–water partition coefficient (Wildman–Crippen LogP) is 6.19. The van der Waals surface area contributed by atoms with Crippen LogP contribution in [0.4, 0.5) is 0 Å². The van der Waals surface area contributed by atoms with Crippen molar-refractivity contribution >= 4 is 29.1 Å². The number of likely N-dealkylation sites (N-methyl/N-ethyl adjacent to an activating group) is 1. The predicted molar refractivity (Wildman–Crippen MR) is 146 cm³/mol. The highest BCUT2D eigenvalue weighted by Gasteiger charge is 2.22. The summed E-state index contributed by atoms with van der Waals surface area (Å²) in [6, 6.07) is 20.2. The molecule has 37 heavy (non-hydrogen) atoms. The third-order valence-electron chi connectivity index (χ3n) is 5.97. The number of benzene rings is 3. The highest BCUT2D eigenvalue weighted by Crippen LogP contribution is 2.30. The van der Waals surface area contributed by atoms with E-state index in [1.165, 1.54) is 0 Å². The summed E-state index contributed by atoms with van der Waals surface area (Å²) in [5, 5.41) is 5.54. The molecule has 0 bridgehead atoms. The van der Waals surface area contributed by atoms with E-state index in [2.05, 4.69) is 0 Å². The molecular weight excluding hydrogens is 513 g/mol. The monoisotopic (exact) mass is 539 g/mol. The molecule has 0 saturated heterocycles. The summed E-state index contributed by atoms with van der Waals surface area (Å²) in [7, 11) is 6.57. The maximum Gasteiger partial charge on any atom is 0.272 e. The normalized spacial score (nSPS) is 10.8. The van der Waals surface area contributed by atoms with Crippen molar-refractivity contribution in [3.63, 3.8) is 0 Å². The Morgan fingerprint density at radius 3 is 2.38 bits per heavy atom. The Morgan fingerprint density at radius 2 is 1.68 bits per heavy atom. The number of amides is 1. The standard InChI is InChI=1S/C28H27Cl2N3O4/c1-32(13-12-18-8-11-26(36-3)27(14-18)37-4)28(34)25-17-24(19-6-5-7-21(15-19)35-2)31-33(25)20-9-10-22(29)23(30)16-20/h5-11,14-17H,12-13H2,1-4H3. The highest BCUT2D eigenvalue weighted by molar-refractivity contribution is 6.42. The number of methoxy groups -OCH3 is 3. The van der Waals surface area contributed by atoms with Crippen molar-refractivity contribution < 1.29 is 19.0 Å². The molecule has 9 heteroatoms. The van der Waals surface area contributed by atoms with E-state index in [4.69, 9.17) is 42.5 Å². The molecule has 0 spiro atoms. The fourth-order valence-corrected chi connectivity index (χ4v) is 4.19. The Hall–Kier alpha value is -3.68. The summed E-state index contributed by atoms with van der Waals surface area (Å²) in [4.78, 5) is 15.3. The topological polar surface area (TPSA) is 65.8 Å². The first kappa shape index (κ1) is 26.4. The highest BCUT2D eigenvalue weighted by atomic mass is 35.5. The fraction of sp³-hybridized carbons (Fsp3) is 0.214. The van der Waals surface area contributed by atoms with E-state index < -0.39 is 0 Å². The minimum Gasteiger partial charge on any atom is -0.497 e. The van der Waals surface area contributed by atoms with Gasteiger partial charge >= 0.3 is 0 Å². The van der Waals surface area contributed by atoms with Crippen molar-refractivity contribution in [1.82, 2.24) is 14.7 Å². The molecule has 0 saturated carbocycles. The van der Waals surface area contributed by atoms with Crippen molar-refractivity contribution in [2.75, 3.05) is 34.9 Å². The lowest BCUT2D eigenvalue weighted by Gasteiger charge is -2.18. The summed E-state index contributed by atoms with van der Waals surface area (Å²) >= 11 is 12.4. The minimum absolute atomic E-state index is 0.187. The number of hydrogen-bond donors (Lipinski definition) is 0. The van der Waals surface area contributed by atoms with E-state index in [9.17, 15) is 4.79 Å². The zero-order chi connectivity index (χ0) is 26.5. The average molecular weight is 540 g/mol. The summed E-state index contributed by atoms with van der Waals surface area (Å²) in [5.41, 5.74) is 3.49. The van der Waals surface area contributed by atoms with Crippen molar-refractivity contribution in [2.45, 2.75) is 6.42 Å². The van der Waals surface area contributed by atoms with Gasteiger partial charge in [-0.1, -0.05) is 41.4 Å². The van der Waals surface area contributed by atoms with Gasteiger partial charge in [0.15, 0.2) is 11.5 Å². The van der Waals surface area contributed by atoms with Crippen LogP contribution in [0.5, 0.6) is 17.2 Å². The van der Waals surface area contributed by atoms with Gasteiger partial charge in [-0.2, -0.15) is 5.10 Å². The van der Waals surface area contributed by atoms with Crippen LogP contribution < -0.4 is 14.2 Å². The molecule has 4 rings (SSSR count). The fourth-order valence-electron chi connectivity index (χ4n) is 3.90. The van der Waals surface area contributed by atoms with Crippen LogP contribution >= 0.6 is 23.2 Å². The van der Waals surface area contributed by atoms with E-state index in [1.807, 2.05) is 42.5 Å². The zero-order valence-corrected chi connectivity index (χ0v) is 22.5. The van der Waals surface area contributed by atoms with Crippen molar-refractivity contribution in [3.05, 3.63) is 88.0 Å². The van der Waals surface area contributed by atoms with E-state index in [0.717, 1.165) is 11.1 Å². The molecule has 0 aliphatic carbocycles. The van der Waals surface area contributed by atoms with Crippen molar-refractivity contribution in [3.8, 4) is 34.2 Å². The molecule has 1 heterocycles. The van der Waals surface area contributed by atoms with Crippen LogP contribution in [-0.2, 0) is 6.42 Å². The van der Waals surface area contributed by atoms with Crippen LogP contribution in [0.25, 0.3) is 16.9 Å². The van der Waals surface area contributed by atoms with Gasteiger partial charge in [-0.15, -0.1) is 0 Å². The molecule has 0 aliphatic heterocycles. The number of carbonyl (C=O) groups excluding carboxylic acids is 1. The van der Waals surface area contributed by atoms with Crippen molar-refractivity contribution in [1.29, 1.82) is 0 Å². The van der Waals surface area contributed by atoms with Crippen LogP contribution in [-0.4, -0.2) is 55.5 Å². The van der Waals surface area contributed by atoms with Gasteiger partial charge in [0.1, 0.15) is 11.4 Å². The zero-order valence-electron chi connectivity index (χ0n) is 21.0. The van der Waals surface area contributed by atoms with Gasteiger partial charge < -0.3 is 19.1 Å². The molecule has 0 radical (unpaired) electrons. The molecule has 7 nitrogen and oxygen atoms in total. The molecule has 1 amide bonds. The van der Waals surface area contributed by atoms with Crippen LogP contribution in [0, 0.1) is 0 Å². The molecule has 0 atom stereocenters. The average Bonchev–Trinajstić information content (AvgIpc) is 3.38. The van der Waals surface area contributed by atoms with Crippen molar-refractivity contribution in [2.24, 2.45) is 0 Å². The second-order valence-corrected chi connectivity index (χ2v) is 9.14. The van der Waals surface area contributed by atoms with Crippen LogP contribution in [0.3, 0.4) is 0 Å². The van der Waals surface area contributed by atoms with Crippen LogP contribution in [0.2, 0.25) is 10.0 Å². The molecule has 0 fully saturated rings. The number of carbonyl (C=O) groups is 1. The molecule has 1 aromatic heterocycles. The van der Waals surface area contributed by atoms with E-state index >= 15 is 0 Å². The van der Waals surface area contributed by atoms with Gasteiger partial charge in [0, 0.05) is 19.2 Å². The van der Waals surface area contributed by atoms with Gasteiger partial charge in [-0.3, -0.25) is 4.79 Å². The third kappa shape index (κ3) is 5.84. The smallest absolute Gasteiger partial charge is 0.272 e. The number of aromatic nitrogens is 2. The maximum absolute atomic E-state index is 13.6. The molecule has 4 aromatic rings. The second-order valence-electron chi connectivity index (χ2n) is 8.32. The van der Waals surface area contributed by atoms with Gasteiger partial charge in [-0.25, -0.2) is 4.68 Å². The SMILES string of the molecule is COc1cccc(-c2cc(C(=O)N(C)CCc3ccc(OC)c(OC)c3)n(-c3ccc(Cl)c(Cl)c3)n2)c1. The first-order valence-corrected chi connectivity index (χ1v) is 12.3. The Labute approximate surface area is 226 Å². The molecule has 192 valence electrons. The largest absolute Gasteiger partial charge is 0.497 e. The number of ether oxygens (including phenoxy) is 3. The molecule has 0 aliphatic rings. The van der Waals surface area contributed by atoms with Crippen LogP contribution in [0.1, 0.15) is 16.1 Å². The minimum atomic E-state index is -0.187. The first-order valence-electron chi connectivity index (χ1n) is 11.5. The Kier molecular flexibility index (Phi) is 8.26. The summed E-state index contributed by atoms with van der Waals surface area (Å²) in [5.74, 6) is 1.82. The molecular formula is C28H27Cl2N3O4. The quantitative estimate of drug-likeness (QED) is 0.254. The second kappa shape index (κ2) is 11.6. The molecule has 3 aromatic carbocycles. The number of rotatable bonds is 9. The molecule has 0 unspecified atom stereocenters. The maximum atomic E-state index is 13.6. The lowest BCUT2D eigenvalue weighted by Crippen LogP contribution is -2.30. The Morgan fingerprint density at radius 1 is 0.892 bits per heavy atom. The molecule has 0 N–H and O–H groups in total. The van der Waals surface area contributed by atoms with Gasteiger partial charge in [0.05, 0.1) is 42.8 Å². The van der Waals surface area contributed by atoms with E-state index in [0.29, 0.717) is 57.3 Å². The van der Waals surface area contributed by atoms with Gasteiger partial charge in [0.25, 0.3) is 5.91 Å². The first-order chi connectivity index (χ1) is 17.8. The van der Waals surface area contributed by atoms with Gasteiger partial charge in [0.2, 0.25) is 0 Å². The Balaban J connectivity index is 1.65. The number of hydrogen-bond acceptors (Lipinski definition) is 5. The number of nitrogens with zero attached hydrogens (tertiary/aromatic N) is 3. The van der Waals surface area contributed by atoms with Crippen LogP contribution in [0.15, 0.2) is 66.7 Å².